The van der Waals surface area contributed by atoms with Gasteiger partial charge in [0, 0.05) is 0 Å². The first-order valence-corrected chi connectivity index (χ1v) is 4.28. The summed E-state index contributed by atoms with van der Waals surface area (Å²) in [6.07, 6.45) is 11.1. The van der Waals surface area contributed by atoms with Crippen molar-refractivity contribution < 1.29 is 0 Å². The Kier molecular flexibility index (Phi) is 3.52. The standard InChI is InChI=1S/C9H17N/c10-8-7-9-5-3-1-2-4-6-9/h1-2,9H,3-8,10H2. The molecule has 0 aromatic rings. The molecule has 0 amide bonds. The fraction of sp³-hybridized carbons (Fsp3) is 0.778. The molecule has 0 unspecified atom stereocenters. The van der Waals surface area contributed by atoms with Crippen molar-refractivity contribution in [1.82, 2.24) is 0 Å². The molecular weight excluding hydrogens is 122 g/mol. The van der Waals surface area contributed by atoms with E-state index in [-0.39, 0.29) is 0 Å². The molecule has 0 radical (unpaired) electrons. The summed E-state index contributed by atoms with van der Waals surface area (Å²) in [7, 11) is 0. The lowest BCUT2D eigenvalue weighted by Crippen LogP contribution is -2.07. The highest BCUT2D eigenvalue weighted by Gasteiger charge is 2.07. The van der Waals surface area contributed by atoms with Crippen molar-refractivity contribution in [2.24, 2.45) is 11.7 Å². The Bertz CT molecular complexity index is 97.3. The molecule has 1 aliphatic carbocycles. The van der Waals surface area contributed by atoms with E-state index in [1.54, 1.807) is 0 Å². The second-order valence-corrected chi connectivity index (χ2v) is 3.07. The van der Waals surface area contributed by atoms with Crippen LogP contribution < -0.4 is 5.73 Å². The summed E-state index contributed by atoms with van der Waals surface area (Å²) in [5, 5.41) is 0. The van der Waals surface area contributed by atoms with Crippen LogP contribution in [0.3, 0.4) is 0 Å². The smallest absolute Gasteiger partial charge is 0.00746 e. The Hall–Kier alpha value is -0.300. The third-order valence-corrected chi connectivity index (χ3v) is 2.22. The van der Waals surface area contributed by atoms with Crippen molar-refractivity contribution in [3.8, 4) is 0 Å². The van der Waals surface area contributed by atoms with E-state index >= 15 is 0 Å². The summed E-state index contributed by atoms with van der Waals surface area (Å²) in [6.45, 7) is 0.866. The van der Waals surface area contributed by atoms with Crippen LogP contribution in [0.15, 0.2) is 12.2 Å². The lowest BCUT2D eigenvalue weighted by atomic mass is 9.97. The highest BCUT2D eigenvalue weighted by atomic mass is 14.5. The Balaban J connectivity index is 2.20. The molecule has 0 saturated carbocycles. The van der Waals surface area contributed by atoms with Crippen LogP contribution in [0.2, 0.25) is 0 Å². The summed E-state index contributed by atoms with van der Waals surface area (Å²) in [4.78, 5) is 0. The lowest BCUT2D eigenvalue weighted by Gasteiger charge is -2.10. The SMILES string of the molecule is NCCC1CCC=CCC1. The second-order valence-electron chi connectivity index (χ2n) is 3.07. The number of rotatable bonds is 2. The van der Waals surface area contributed by atoms with Crippen molar-refractivity contribution in [1.29, 1.82) is 0 Å². The van der Waals surface area contributed by atoms with Crippen LogP contribution >= 0.6 is 0 Å². The molecule has 1 aliphatic rings. The van der Waals surface area contributed by atoms with E-state index < -0.39 is 0 Å². The van der Waals surface area contributed by atoms with Gasteiger partial charge < -0.3 is 5.73 Å². The van der Waals surface area contributed by atoms with Crippen LogP contribution in [0.4, 0.5) is 0 Å². The Labute approximate surface area is 63.3 Å². The van der Waals surface area contributed by atoms with E-state index in [0.29, 0.717) is 0 Å². The molecule has 0 bridgehead atoms. The number of hydrogen-bond donors (Lipinski definition) is 1. The van der Waals surface area contributed by atoms with Gasteiger partial charge in [-0.25, -0.2) is 0 Å². The van der Waals surface area contributed by atoms with Crippen LogP contribution in [-0.2, 0) is 0 Å². The van der Waals surface area contributed by atoms with Crippen LogP contribution in [0.5, 0.6) is 0 Å². The molecule has 0 aromatic carbocycles. The van der Waals surface area contributed by atoms with E-state index in [0.717, 1.165) is 12.5 Å². The van der Waals surface area contributed by atoms with Crippen LogP contribution in [0, 0.1) is 5.92 Å². The Morgan fingerprint density at radius 1 is 1.20 bits per heavy atom. The first kappa shape index (κ1) is 7.80. The maximum Gasteiger partial charge on any atom is -0.00746 e. The molecule has 0 heterocycles. The van der Waals surface area contributed by atoms with Crippen molar-refractivity contribution in [2.75, 3.05) is 6.54 Å². The van der Waals surface area contributed by atoms with Gasteiger partial charge in [0.25, 0.3) is 0 Å². The summed E-state index contributed by atoms with van der Waals surface area (Å²) in [5.74, 6) is 0.903. The number of nitrogens with two attached hydrogens (primary N) is 1. The molecule has 58 valence electrons. The molecule has 0 spiro atoms. The van der Waals surface area contributed by atoms with E-state index in [1.807, 2.05) is 0 Å². The van der Waals surface area contributed by atoms with Gasteiger partial charge >= 0.3 is 0 Å². The predicted octanol–water partition coefficient (Wildman–Crippen LogP) is 2.08. The van der Waals surface area contributed by atoms with Gasteiger partial charge in [-0.2, -0.15) is 0 Å². The molecule has 1 rings (SSSR count). The summed E-state index contributed by atoms with van der Waals surface area (Å²) < 4.78 is 0. The normalized spacial score (nSPS) is 20.9. The summed E-state index contributed by atoms with van der Waals surface area (Å²) in [6, 6.07) is 0. The molecule has 0 atom stereocenters. The highest BCUT2D eigenvalue weighted by Crippen LogP contribution is 2.20. The van der Waals surface area contributed by atoms with Gasteiger partial charge in [0.2, 0.25) is 0 Å². The Morgan fingerprint density at radius 3 is 2.30 bits per heavy atom. The molecule has 0 fully saturated rings. The van der Waals surface area contributed by atoms with E-state index in [1.165, 1.54) is 32.1 Å². The zero-order chi connectivity index (χ0) is 7.23. The summed E-state index contributed by atoms with van der Waals surface area (Å²) >= 11 is 0. The minimum absolute atomic E-state index is 0.866. The fourth-order valence-corrected chi connectivity index (χ4v) is 1.57. The van der Waals surface area contributed by atoms with E-state index in [9.17, 15) is 0 Å². The minimum atomic E-state index is 0.866. The number of hydrogen-bond acceptors (Lipinski definition) is 1. The topological polar surface area (TPSA) is 26.0 Å². The monoisotopic (exact) mass is 139 g/mol. The maximum absolute atomic E-state index is 5.49. The third kappa shape index (κ3) is 2.53. The summed E-state index contributed by atoms with van der Waals surface area (Å²) in [5.41, 5.74) is 5.49. The first-order chi connectivity index (χ1) is 4.93. The molecule has 10 heavy (non-hydrogen) atoms. The van der Waals surface area contributed by atoms with Gasteiger partial charge in [-0.05, 0) is 44.6 Å². The van der Waals surface area contributed by atoms with Gasteiger partial charge in [-0.3, -0.25) is 0 Å². The van der Waals surface area contributed by atoms with Crippen LogP contribution in [-0.4, -0.2) is 6.54 Å². The third-order valence-electron chi connectivity index (χ3n) is 2.22. The van der Waals surface area contributed by atoms with E-state index in [4.69, 9.17) is 5.73 Å². The molecule has 1 nitrogen and oxygen atoms in total. The highest BCUT2D eigenvalue weighted by molar-refractivity contribution is 4.86. The van der Waals surface area contributed by atoms with E-state index in [2.05, 4.69) is 12.2 Å². The molecule has 0 aromatic heterocycles. The quantitative estimate of drug-likeness (QED) is 0.582. The second kappa shape index (κ2) is 4.51. The predicted molar refractivity (Wildman–Crippen MR) is 44.8 cm³/mol. The minimum Gasteiger partial charge on any atom is -0.330 e. The van der Waals surface area contributed by atoms with Crippen LogP contribution in [0.1, 0.15) is 32.1 Å². The van der Waals surface area contributed by atoms with Crippen molar-refractivity contribution >= 4 is 0 Å². The zero-order valence-corrected chi connectivity index (χ0v) is 6.55. The van der Waals surface area contributed by atoms with Gasteiger partial charge in [-0.15, -0.1) is 0 Å². The fourth-order valence-electron chi connectivity index (χ4n) is 1.57. The first-order valence-electron chi connectivity index (χ1n) is 4.28. The average molecular weight is 139 g/mol. The van der Waals surface area contributed by atoms with Gasteiger partial charge in [-0.1, -0.05) is 12.2 Å². The molecule has 0 aliphatic heterocycles. The Morgan fingerprint density at radius 2 is 1.80 bits per heavy atom. The lowest BCUT2D eigenvalue weighted by molar-refractivity contribution is 0.440. The largest absolute Gasteiger partial charge is 0.330 e. The number of allylic oxidation sites excluding steroid dienone is 2. The molecule has 1 heteroatoms. The van der Waals surface area contributed by atoms with Crippen molar-refractivity contribution in [3.63, 3.8) is 0 Å². The van der Waals surface area contributed by atoms with Gasteiger partial charge in [0.05, 0.1) is 0 Å². The average Bonchev–Trinajstić information content (AvgIpc) is 2.17. The molecule has 2 N–H and O–H groups in total. The van der Waals surface area contributed by atoms with Crippen LogP contribution in [0.25, 0.3) is 0 Å². The maximum atomic E-state index is 5.49. The van der Waals surface area contributed by atoms with Crippen molar-refractivity contribution in [3.05, 3.63) is 12.2 Å². The van der Waals surface area contributed by atoms with Crippen molar-refractivity contribution in [2.45, 2.75) is 32.1 Å². The molecular formula is C9H17N. The molecule has 0 saturated heterocycles. The van der Waals surface area contributed by atoms with Gasteiger partial charge in [0.15, 0.2) is 0 Å². The van der Waals surface area contributed by atoms with Gasteiger partial charge in [0.1, 0.15) is 0 Å². The zero-order valence-electron chi connectivity index (χ0n) is 6.55.